The lowest BCUT2D eigenvalue weighted by Gasteiger charge is -2.34. The number of nitrogens with zero attached hydrogens (tertiary/aromatic N) is 1. The van der Waals surface area contributed by atoms with Gasteiger partial charge in [0.15, 0.2) is 0 Å². The molecule has 1 amide bonds. The van der Waals surface area contributed by atoms with Crippen molar-refractivity contribution in [1.82, 2.24) is 9.88 Å². The molecule has 124 valence electrons. The van der Waals surface area contributed by atoms with Crippen LogP contribution in [0.15, 0.2) is 24.3 Å². The standard InChI is InChI=1S/C18H23FN2O2/c1-18(2,23)11-12-6-8-21(9-7-12)17(22)15-10-13-4-3-5-14(19)16(13)20-15/h3-5,10,12,20,23H,6-9,11H2,1-2H3. The van der Waals surface area contributed by atoms with Crippen LogP contribution in [-0.4, -0.2) is 39.6 Å². The number of benzene rings is 1. The highest BCUT2D eigenvalue weighted by atomic mass is 19.1. The Morgan fingerprint density at radius 3 is 2.70 bits per heavy atom. The molecule has 23 heavy (non-hydrogen) atoms. The number of piperidine rings is 1. The van der Waals surface area contributed by atoms with E-state index in [-0.39, 0.29) is 11.7 Å². The van der Waals surface area contributed by atoms with Crippen LogP contribution in [0.1, 0.15) is 43.6 Å². The van der Waals surface area contributed by atoms with E-state index >= 15 is 0 Å². The molecule has 1 aromatic carbocycles. The quantitative estimate of drug-likeness (QED) is 0.912. The third-order valence-electron chi connectivity index (χ3n) is 4.53. The van der Waals surface area contributed by atoms with Crippen LogP contribution in [0.3, 0.4) is 0 Å². The maximum Gasteiger partial charge on any atom is 0.270 e. The number of aliphatic hydroxyl groups is 1. The third kappa shape index (κ3) is 3.55. The first-order chi connectivity index (χ1) is 10.8. The molecule has 0 saturated carbocycles. The van der Waals surface area contributed by atoms with Crippen molar-refractivity contribution in [3.8, 4) is 0 Å². The van der Waals surface area contributed by atoms with Crippen molar-refractivity contribution in [2.75, 3.05) is 13.1 Å². The van der Waals surface area contributed by atoms with E-state index in [0.29, 0.717) is 35.6 Å². The van der Waals surface area contributed by atoms with Gasteiger partial charge in [-0.05, 0) is 51.2 Å². The summed E-state index contributed by atoms with van der Waals surface area (Å²) in [7, 11) is 0. The predicted molar refractivity (Wildman–Crippen MR) is 87.8 cm³/mol. The number of carbonyl (C=O) groups excluding carboxylic acids is 1. The Bertz CT molecular complexity index is 709. The van der Waals surface area contributed by atoms with Crippen LogP contribution in [0.25, 0.3) is 10.9 Å². The zero-order valence-corrected chi connectivity index (χ0v) is 13.6. The van der Waals surface area contributed by atoms with E-state index in [1.807, 2.05) is 18.7 Å². The van der Waals surface area contributed by atoms with E-state index in [4.69, 9.17) is 0 Å². The topological polar surface area (TPSA) is 56.3 Å². The molecule has 4 nitrogen and oxygen atoms in total. The maximum absolute atomic E-state index is 13.7. The average Bonchev–Trinajstić information content (AvgIpc) is 2.91. The van der Waals surface area contributed by atoms with Crippen molar-refractivity contribution in [2.24, 2.45) is 5.92 Å². The smallest absolute Gasteiger partial charge is 0.270 e. The number of fused-ring (bicyclic) bond motifs is 1. The molecule has 2 aromatic rings. The molecule has 0 spiro atoms. The van der Waals surface area contributed by atoms with Gasteiger partial charge in [-0.2, -0.15) is 0 Å². The molecule has 1 aromatic heterocycles. The number of aromatic nitrogens is 1. The summed E-state index contributed by atoms with van der Waals surface area (Å²) in [6, 6.07) is 6.53. The summed E-state index contributed by atoms with van der Waals surface area (Å²) in [5, 5.41) is 10.6. The molecule has 2 N–H and O–H groups in total. The predicted octanol–water partition coefficient (Wildman–Crippen LogP) is 3.32. The highest BCUT2D eigenvalue weighted by Gasteiger charge is 2.28. The Morgan fingerprint density at radius 1 is 1.39 bits per heavy atom. The molecule has 3 rings (SSSR count). The monoisotopic (exact) mass is 318 g/mol. The molecular weight excluding hydrogens is 295 g/mol. The number of hydrogen-bond donors (Lipinski definition) is 2. The van der Waals surface area contributed by atoms with Crippen LogP contribution < -0.4 is 0 Å². The summed E-state index contributed by atoms with van der Waals surface area (Å²) >= 11 is 0. The molecule has 0 radical (unpaired) electrons. The van der Waals surface area contributed by atoms with Crippen LogP contribution >= 0.6 is 0 Å². The molecule has 1 fully saturated rings. The summed E-state index contributed by atoms with van der Waals surface area (Å²) in [6.45, 7) is 5.00. The Kier molecular flexibility index (Phi) is 4.15. The molecule has 0 bridgehead atoms. The largest absolute Gasteiger partial charge is 0.390 e. The van der Waals surface area contributed by atoms with E-state index in [1.54, 1.807) is 18.2 Å². The second-order valence-corrected chi connectivity index (χ2v) is 7.14. The van der Waals surface area contributed by atoms with Gasteiger partial charge in [0.1, 0.15) is 11.5 Å². The number of H-pyrrole nitrogens is 1. The van der Waals surface area contributed by atoms with Crippen molar-refractivity contribution >= 4 is 16.8 Å². The first-order valence-corrected chi connectivity index (χ1v) is 8.12. The third-order valence-corrected chi connectivity index (χ3v) is 4.53. The number of amides is 1. The molecule has 2 heterocycles. The van der Waals surface area contributed by atoms with Crippen LogP contribution in [0, 0.1) is 11.7 Å². The maximum atomic E-state index is 13.7. The summed E-state index contributed by atoms with van der Waals surface area (Å²) in [5.41, 5.74) is 0.157. The minimum Gasteiger partial charge on any atom is -0.390 e. The second-order valence-electron chi connectivity index (χ2n) is 7.14. The normalized spacial score (nSPS) is 17.0. The summed E-state index contributed by atoms with van der Waals surface area (Å²) in [4.78, 5) is 17.3. The summed E-state index contributed by atoms with van der Waals surface area (Å²) in [6.07, 6.45) is 2.54. The number of halogens is 1. The van der Waals surface area contributed by atoms with Crippen molar-refractivity contribution in [1.29, 1.82) is 0 Å². The fourth-order valence-corrected chi connectivity index (χ4v) is 3.45. The average molecular weight is 318 g/mol. The molecule has 0 atom stereocenters. The Labute approximate surface area is 135 Å². The van der Waals surface area contributed by atoms with E-state index < -0.39 is 5.60 Å². The Balaban J connectivity index is 1.68. The van der Waals surface area contributed by atoms with E-state index in [1.165, 1.54) is 6.07 Å². The summed E-state index contributed by atoms with van der Waals surface area (Å²) < 4.78 is 13.7. The van der Waals surface area contributed by atoms with Gasteiger partial charge in [0.25, 0.3) is 5.91 Å². The first-order valence-electron chi connectivity index (χ1n) is 8.12. The molecule has 0 aliphatic carbocycles. The molecule has 5 heteroatoms. The number of rotatable bonds is 3. The van der Waals surface area contributed by atoms with Crippen molar-refractivity contribution in [2.45, 2.75) is 38.7 Å². The number of hydrogen-bond acceptors (Lipinski definition) is 2. The molecule has 1 aliphatic heterocycles. The summed E-state index contributed by atoms with van der Waals surface area (Å²) in [5.74, 6) is 0.0203. The SMILES string of the molecule is CC(C)(O)CC1CCN(C(=O)c2cc3cccc(F)c3[nH]2)CC1. The van der Waals surface area contributed by atoms with E-state index in [2.05, 4.69) is 4.98 Å². The van der Waals surface area contributed by atoms with Crippen LogP contribution in [-0.2, 0) is 0 Å². The Hall–Kier alpha value is -1.88. The number of aromatic amines is 1. The second kappa shape index (κ2) is 5.96. The van der Waals surface area contributed by atoms with Crippen molar-refractivity contribution in [3.63, 3.8) is 0 Å². The fourth-order valence-electron chi connectivity index (χ4n) is 3.45. The van der Waals surface area contributed by atoms with Gasteiger partial charge in [-0.3, -0.25) is 4.79 Å². The minimum absolute atomic E-state index is 0.0812. The molecule has 0 unspecified atom stereocenters. The molecule has 1 aliphatic rings. The van der Waals surface area contributed by atoms with E-state index in [0.717, 1.165) is 19.3 Å². The first kappa shape index (κ1) is 16.0. The highest BCUT2D eigenvalue weighted by molar-refractivity contribution is 5.98. The van der Waals surface area contributed by atoms with Gasteiger partial charge >= 0.3 is 0 Å². The van der Waals surface area contributed by atoms with Gasteiger partial charge in [0, 0.05) is 18.5 Å². The lowest BCUT2D eigenvalue weighted by Crippen LogP contribution is -2.40. The number of likely N-dealkylation sites (tertiary alicyclic amines) is 1. The van der Waals surface area contributed by atoms with Crippen LogP contribution in [0.5, 0.6) is 0 Å². The lowest BCUT2D eigenvalue weighted by atomic mass is 9.86. The number of nitrogens with one attached hydrogen (secondary N) is 1. The molecular formula is C18H23FN2O2. The van der Waals surface area contributed by atoms with Gasteiger partial charge in [0.05, 0.1) is 11.1 Å². The minimum atomic E-state index is -0.661. The zero-order valence-electron chi connectivity index (χ0n) is 13.6. The number of carbonyl (C=O) groups is 1. The zero-order chi connectivity index (χ0) is 16.6. The van der Waals surface area contributed by atoms with Crippen LogP contribution in [0.2, 0.25) is 0 Å². The fraction of sp³-hybridized carbons (Fsp3) is 0.500. The van der Waals surface area contributed by atoms with Crippen LogP contribution in [0.4, 0.5) is 4.39 Å². The van der Waals surface area contributed by atoms with Gasteiger partial charge in [0.2, 0.25) is 0 Å². The van der Waals surface area contributed by atoms with Crippen molar-refractivity contribution in [3.05, 3.63) is 35.8 Å². The van der Waals surface area contributed by atoms with Gasteiger partial charge in [-0.1, -0.05) is 12.1 Å². The van der Waals surface area contributed by atoms with Gasteiger partial charge in [-0.25, -0.2) is 4.39 Å². The van der Waals surface area contributed by atoms with Gasteiger partial charge in [-0.15, -0.1) is 0 Å². The Morgan fingerprint density at radius 2 is 2.09 bits per heavy atom. The lowest BCUT2D eigenvalue weighted by molar-refractivity contribution is 0.0357. The molecule has 1 saturated heterocycles. The van der Waals surface area contributed by atoms with Gasteiger partial charge < -0.3 is 15.0 Å². The van der Waals surface area contributed by atoms with Crippen molar-refractivity contribution < 1.29 is 14.3 Å². The highest BCUT2D eigenvalue weighted by Crippen LogP contribution is 2.27. The number of para-hydroxylation sites is 1. The van der Waals surface area contributed by atoms with E-state index in [9.17, 15) is 14.3 Å².